The van der Waals surface area contributed by atoms with Gasteiger partial charge >= 0.3 is 6.09 Å². The van der Waals surface area contributed by atoms with Crippen molar-refractivity contribution >= 4 is 17.1 Å². The molecule has 1 saturated carbocycles. The average molecular weight is 528 g/mol. The fourth-order valence-corrected chi connectivity index (χ4v) is 8.37. The lowest BCUT2D eigenvalue weighted by molar-refractivity contribution is 0.0351. The third-order valence-electron chi connectivity index (χ3n) is 10.3. The van der Waals surface area contributed by atoms with Gasteiger partial charge in [0.05, 0.1) is 17.6 Å². The Morgan fingerprint density at radius 2 is 1.59 bits per heavy atom. The highest BCUT2D eigenvalue weighted by molar-refractivity contribution is 5.76. The fraction of sp³-hybridized carbons (Fsp3) is 0.562. The first-order chi connectivity index (χ1) is 19.1. The zero-order valence-corrected chi connectivity index (χ0v) is 22.9. The van der Waals surface area contributed by atoms with E-state index < -0.39 is 6.09 Å². The normalized spacial score (nSPS) is 26.3. The van der Waals surface area contributed by atoms with Gasteiger partial charge in [0.2, 0.25) is 0 Å². The lowest BCUT2D eigenvalue weighted by atomic mass is 9.79. The number of likely N-dealkylation sites (tertiary alicyclic amines) is 3. The number of fused-ring (bicyclic) bond motifs is 3. The van der Waals surface area contributed by atoms with Crippen LogP contribution < -0.4 is 0 Å². The number of para-hydroxylation sites is 2. The molecule has 4 fully saturated rings. The lowest BCUT2D eigenvalue weighted by Crippen LogP contribution is -2.50. The maximum atomic E-state index is 11.6. The smallest absolute Gasteiger partial charge is 0.407 e. The minimum Gasteiger partial charge on any atom is -0.465 e. The highest BCUT2D eigenvalue weighted by Gasteiger charge is 2.46. The van der Waals surface area contributed by atoms with Crippen molar-refractivity contribution in [1.82, 2.24) is 24.3 Å². The second-order valence-electron chi connectivity index (χ2n) is 12.3. The Bertz CT molecular complexity index is 1310. The summed E-state index contributed by atoms with van der Waals surface area (Å²) in [5, 5.41) is 9.53. The van der Waals surface area contributed by atoms with Gasteiger partial charge in [-0.2, -0.15) is 0 Å². The predicted molar refractivity (Wildman–Crippen MR) is 153 cm³/mol. The summed E-state index contributed by atoms with van der Waals surface area (Å²) in [6.45, 7) is 4.48. The summed E-state index contributed by atoms with van der Waals surface area (Å²) < 4.78 is 2.55. The molecule has 39 heavy (non-hydrogen) atoms. The molecule has 3 saturated heterocycles. The minimum absolute atomic E-state index is 0.127. The number of amides is 1. The van der Waals surface area contributed by atoms with E-state index in [-0.39, 0.29) is 11.6 Å². The summed E-state index contributed by atoms with van der Waals surface area (Å²) in [4.78, 5) is 23.7. The topological polar surface area (TPSA) is 64.8 Å². The van der Waals surface area contributed by atoms with Crippen LogP contribution in [0.3, 0.4) is 0 Å². The number of aromatic nitrogens is 2. The fourth-order valence-electron chi connectivity index (χ4n) is 8.37. The molecule has 1 aliphatic carbocycles. The van der Waals surface area contributed by atoms with Crippen molar-refractivity contribution in [2.75, 3.05) is 26.2 Å². The lowest BCUT2D eigenvalue weighted by Gasteiger charge is -2.48. The van der Waals surface area contributed by atoms with Gasteiger partial charge in [-0.3, -0.25) is 9.80 Å². The molecule has 7 rings (SSSR count). The second-order valence-corrected chi connectivity index (χ2v) is 12.3. The van der Waals surface area contributed by atoms with Crippen LogP contribution in [0.2, 0.25) is 0 Å². The van der Waals surface area contributed by atoms with Crippen molar-refractivity contribution in [3.05, 3.63) is 66.0 Å². The highest BCUT2D eigenvalue weighted by Crippen LogP contribution is 2.44. The largest absolute Gasteiger partial charge is 0.465 e. The van der Waals surface area contributed by atoms with E-state index in [1.54, 1.807) is 4.90 Å². The van der Waals surface area contributed by atoms with E-state index in [0.29, 0.717) is 18.6 Å². The number of hydrogen-bond donors (Lipinski definition) is 1. The molecule has 7 nitrogen and oxygen atoms in total. The summed E-state index contributed by atoms with van der Waals surface area (Å²) in [5.74, 6) is 1.15. The van der Waals surface area contributed by atoms with Crippen LogP contribution >= 0.6 is 0 Å². The molecule has 0 radical (unpaired) electrons. The van der Waals surface area contributed by atoms with E-state index in [1.165, 1.54) is 49.6 Å². The summed E-state index contributed by atoms with van der Waals surface area (Å²) in [7, 11) is 0. The molecule has 3 aromatic rings. The first-order valence-corrected chi connectivity index (χ1v) is 15.1. The summed E-state index contributed by atoms with van der Waals surface area (Å²) in [6, 6.07) is 20.8. The van der Waals surface area contributed by atoms with Crippen molar-refractivity contribution in [2.24, 2.45) is 0 Å². The van der Waals surface area contributed by atoms with Gasteiger partial charge in [0.15, 0.2) is 0 Å². The van der Waals surface area contributed by atoms with E-state index in [0.717, 1.165) is 56.8 Å². The highest BCUT2D eigenvalue weighted by atomic mass is 16.4. The van der Waals surface area contributed by atoms with Crippen LogP contribution in [0.15, 0.2) is 54.6 Å². The van der Waals surface area contributed by atoms with E-state index in [1.807, 2.05) is 0 Å². The number of carboxylic acid groups (broad SMARTS) is 1. The number of rotatable bonds is 5. The molecule has 1 aromatic heterocycles. The second kappa shape index (κ2) is 10.3. The summed E-state index contributed by atoms with van der Waals surface area (Å²) in [5.41, 5.74) is 4.01. The van der Waals surface area contributed by atoms with Crippen molar-refractivity contribution in [2.45, 2.75) is 88.0 Å². The van der Waals surface area contributed by atoms with Gasteiger partial charge in [-0.1, -0.05) is 68.1 Å². The SMILES string of the molecule is O=C(O)N1CC2CC1CN2Cc1nc2ccccc2n1C1CCN(C2(c3ccccc3)CCCCCC2)CC1. The zero-order chi connectivity index (χ0) is 26.4. The molecule has 4 heterocycles. The Labute approximate surface area is 231 Å². The molecular weight excluding hydrogens is 486 g/mol. The van der Waals surface area contributed by atoms with Crippen LogP contribution in [0, 0.1) is 0 Å². The monoisotopic (exact) mass is 527 g/mol. The van der Waals surface area contributed by atoms with Crippen LogP contribution in [0.25, 0.3) is 11.0 Å². The zero-order valence-electron chi connectivity index (χ0n) is 22.9. The molecule has 206 valence electrons. The van der Waals surface area contributed by atoms with Gasteiger partial charge in [-0.05, 0) is 49.8 Å². The van der Waals surface area contributed by atoms with Crippen LogP contribution in [0.5, 0.6) is 0 Å². The van der Waals surface area contributed by atoms with Gasteiger partial charge in [0.25, 0.3) is 0 Å². The Hall–Kier alpha value is -2.90. The van der Waals surface area contributed by atoms with Crippen molar-refractivity contribution in [3.8, 4) is 0 Å². The number of imidazole rings is 1. The van der Waals surface area contributed by atoms with E-state index >= 15 is 0 Å². The number of nitrogens with zero attached hydrogens (tertiary/aromatic N) is 5. The average Bonchev–Trinajstić information content (AvgIpc) is 3.61. The molecule has 1 N–H and O–H groups in total. The van der Waals surface area contributed by atoms with Gasteiger partial charge < -0.3 is 14.6 Å². The Kier molecular flexibility index (Phi) is 6.60. The molecule has 0 spiro atoms. The maximum absolute atomic E-state index is 11.6. The number of carbonyl (C=O) groups is 1. The first kappa shape index (κ1) is 25.1. The molecule has 2 aromatic carbocycles. The maximum Gasteiger partial charge on any atom is 0.407 e. The summed E-state index contributed by atoms with van der Waals surface area (Å²) >= 11 is 0. The van der Waals surface area contributed by atoms with Gasteiger partial charge in [0, 0.05) is 49.8 Å². The molecule has 2 atom stereocenters. The number of benzene rings is 2. The third kappa shape index (κ3) is 4.44. The van der Waals surface area contributed by atoms with Gasteiger partial charge in [-0.15, -0.1) is 0 Å². The quantitative estimate of drug-likeness (QED) is 0.421. The molecular formula is C32H41N5O2. The molecule has 7 heteroatoms. The van der Waals surface area contributed by atoms with Crippen LogP contribution in [-0.4, -0.2) is 73.7 Å². The number of hydrogen-bond acceptors (Lipinski definition) is 4. The molecule has 2 bridgehead atoms. The van der Waals surface area contributed by atoms with Crippen molar-refractivity contribution < 1.29 is 9.90 Å². The summed E-state index contributed by atoms with van der Waals surface area (Å²) in [6.07, 6.45) is 10.4. The molecule has 2 unspecified atom stereocenters. The standard InChI is InChI=1S/C32H41N5O2/c38-31(39)36-22-26-20-27(36)21-34(26)23-30-33-28-12-6-7-13-29(28)37(30)25-14-18-35(19-15-25)32(16-8-1-2-9-17-32)24-10-4-3-5-11-24/h3-7,10-13,25-27H,1-2,8-9,14-23H2,(H,38,39). The van der Waals surface area contributed by atoms with E-state index in [4.69, 9.17) is 4.98 Å². The molecule has 3 aliphatic heterocycles. The molecule has 4 aliphatic rings. The van der Waals surface area contributed by atoms with Crippen LogP contribution in [0.4, 0.5) is 4.79 Å². The Balaban J connectivity index is 1.13. The van der Waals surface area contributed by atoms with Crippen molar-refractivity contribution in [3.63, 3.8) is 0 Å². The van der Waals surface area contributed by atoms with Crippen LogP contribution in [-0.2, 0) is 12.1 Å². The molecule has 1 amide bonds. The van der Waals surface area contributed by atoms with Crippen molar-refractivity contribution in [1.29, 1.82) is 0 Å². The third-order valence-corrected chi connectivity index (χ3v) is 10.3. The first-order valence-electron chi connectivity index (χ1n) is 15.1. The Morgan fingerprint density at radius 1 is 0.872 bits per heavy atom. The minimum atomic E-state index is -0.775. The van der Waals surface area contributed by atoms with E-state index in [2.05, 4.69) is 69.0 Å². The van der Waals surface area contributed by atoms with Gasteiger partial charge in [-0.25, -0.2) is 9.78 Å². The predicted octanol–water partition coefficient (Wildman–Crippen LogP) is 5.86. The van der Waals surface area contributed by atoms with Crippen LogP contribution in [0.1, 0.15) is 75.2 Å². The van der Waals surface area contributed by atoms with E-state index in [9.17, 15) is 9.90 Å². The van der Waals surface area contributed by atoms with Gasteiger partial charge in [0.1, 0.15) is 5.82 Å². The Morgan fingerprint density at radius 3 is 2.28 bits per heavy atom. The number of piperazine rings is 1. The number of piperidine rings is 1.